The van der Waals surface area contributed by atoms with Gasteiger partial charge in [-0.05, 0) is 122 Å². The first-order chi connectivity index (χ1) is 14.6. The zero-order chi connectivity index (χ0) is 22.6. The van der Waals surface area contributed by atoms with Crippen LogP contribution in [0.25, 0.3) is 0 Å². The fraction of sp³-hybridized carbons (Fsp3) is 0.933. The Kier molecular flexibility index (Phi) is 6.78. The van der Waals surface area contributed by atoms with Crippen LogP contribution >= 0.6 is 0 Å². The van der Waals surface area contributed by atoms with E-state index in [9.17, 15) is 5.11 Å². The largest absolute Gasteiger partial charge is 0.393 e. The zero-order valence-electron chi connectivity index (χ0n) is 21.7. The van der Waals surface area contributed by atoms with Crippen LogP contribution in [0, 0.1) is 64.1 Å². The van der Waals surface area contributed by atoms with Crippen LogP contribution in [0.1, 0.15) is 106 Å². The van der Waals surface area contributed by atoms with E-state index in [0.717, 1.165) is 54.3 Å². The minimum absolute atomic E-state index is 0.0208. The molecule has 1 unspecified atom stereocenters. The molecule has 1 nitrogen and oxygen atoms in total. The van der Waals surface area contributed by atoms with Crippen molar-refractivity contribution in [2.24, 2.45) is 64.1 Å². The number of hydrogen-bond acceptors (Lipinski definition) is 1. The van der Waals surface area contributed by atoms with Crippen LogP contribution in [-0.2, 0) is 0 Å². The summed E-state index contributed by atoms with van der Waals surface area (Å²) in [6.07, 6.45) is 17.2. The number of aliphatic hydroxyl groups excluding tert-OH is 1. The molecule has 4 aliphatic rings. The van der Waals surface area contributed by atoms with Gasteiger partial charge in [0.25, 0.3) is 0 Å². The number of rotatable bonds is 5. The summed E-state index contributed by atoms with van der Waals surface area (Å²) in [5, 5.41) is 10.3. The molecule has 0 radical (unpaired) electrons. The molecule has 1 heteroatoms. The van der Waals surface area contributed by atoms with Crippen molar-refractivity contribution < 1.29 is 5.11 Å². The summed E-state index contributed by atoms with van der Waals surface area (Å²) in [6, 6.07) is 0. The maximum absolute atomic E-state index is 10.3. The summed E-state index contributed by atoms with van der Waals surface area (Å²) in [4.78, 5) is 0. The summed E-state index contributed by atoms with van der Waals surface area (Å²) < 4.78 is 0. The third-order valence-electron chi connectivity index (χ3n) is 11.5. The van der Waals surface area contributed by atoms with Gasteiger partial charge < -0.3 is 5.11 Å². The second-order valence-corrected chi connectivity index (χ2v) is 13.6. The highest BCUT2D eigenvalue weighted by atomic mass is 16.3. The summed E-state index contributed by atoms with van der Waals surface area (Å²) >= 11 is 0. The SMILES string of the molecule is CC(C)C(/C=C\[C@@H](C)[C@H]1CC[C@H]2[C@@H]3CC[C@@H]4CC(O)CC[C@]4(C)[C@H]3CC[C@]12C)C(C)C. The van der Waals surface area contributed by atoms with E-state index in [-0.39, 0.29) is 6.10 Å². The molecule has 0 aromatic heterocycles. The summed E-state index contributed by atoms with van der Waals surface area (Å²) in [5.74, 6) is 7.36. The molecule has 4 aliphatic carbocycles. The van der Waals surface area contributed by atoms with E-state index in [1.54, 1.807) is 0 Å². The molecular weight excluding hydrogens is 376 g/mol. The average molecular weight is 429 g/mol. The van der Waals surface area contributed by atoms with Crippen molar-refractivity contribution in [2.45, 2.75) is 112 Å². The monoisotopic (exact) mass is 428 g/mol. The Hall–Kier alpha value is -0.300. The Morgan fingerprint density at radius 3 is 2.06 bits per heavy atom. The molecule has 4 fully saturated rings. The van der Waals surface area contributed by atoms with E-state index in [4.69, 9.17) is 0 Å². The molecular formula is C30H52O. The molecule has 0 bridgehead atoms. The van der Waals surface area contributed by atoms with Gasteiger partial charge in [-0.3, -0.25) is 0 Å². The molecule has 178 valence electrons. The summed E-state index contributed by atoms with van der Waals surface area (Å²) in [7, 11) is 0. The van der Waals surface area contributed by atoms with Crippen LogP contribution in [0.3, 0.4) is 0 Å². The minimum atomic E-state index is -0.0208. The van der Waals surface area contributed by atoms with Crippen LogP contribution in [0.5, 0.6) is 0 Å². The van der Waals surface area contributed by atoms with Gasteiger partial charge in [0.15, 0.2) is 0 Å². The number of hydrogen-bond donors (Lipinski definition) is 1. The fourth-order valence-corrected chi connectivity index (χ4v) is 9.79. The molecule has 0 aromatic rings. The zero-order valence-corrected chi connectivity index (χ0v) is 21.7. The second-order valence-electron chi connectivity index (χ2n) is 13.6. The highest BCUT2D eigenvalue weighted by molar-refractivity contribution is 5.11. The first-order valence-electron chi connectivity index (χ1n) is 13.9. The third-order valence-corrected chi connectivity index (χ3v) is 11.5. The number of allylic oxidation sites excluding steroid dienone is 2. The van der Waals surface area contributed by atoms with Gasteiger partial charge >= 0.3 is 0 Å². The number of aliphatic hydroxyl groups is 1. The lowest BCUT2D eigenvalue weighted by Gasteiger charge is -2.61. The van der Waals surface area contributed by atoms with E-state index in [0.29, 0.717) is 22.7 Å². The van der Waals surface area contributed by atoms with Gasteiger partial charge in [-0.1, -0.05) is 60.6 Å². The lowest BCUT2D eigenvalue weighted by Crippen LogP contribution is -2.54. The Bertz CT molecular complexity index is 641. The molecule has 0 spiro atoms. The van der Waals surface area contributed by atoms with Gasteiger partial charge in [-0.15, -0.1) is 0 Å². The molecule has 1 N–H and O–H groups in total. The quantitative estimate of drug-likeness (QED) is 0.438. The van der Waals surface area contributed by atoms with Crippen molar-refractivity contribution in [1.82, 2.24) is 0 Å². The summed E-state index contributed by atoms with van der Waals surface area (Å²) in [6.45, 7) is 17.4. The molecule has 0 heterocycles. The van der Waals surface area contributed by atoms with Crippen LogP contribution in [0.2, 0.25) is 0 Å². The maximum atomic E-state index is 10.3. The normalized spacial score (nSPS) is 46.4. The van der Waals surface area contributed by atoms with Gasteiger partial charge in [-0.2, -0.15) is 0 Å². The van der Waals surface area contributed by atoms with Gasteiger partial charge in [0.2, 0.25) is 0 Å². The van der Waals surface area contributed by atoms with E-state index < -0.39 is 0 Å². The van der Waals surface area contributed by atoms with Gasteiger partial charge in [-0.25, -0.2) is 0 Å². The van der Waals surface area contributed by atoms with Gasteiger partial charge in [0.05, 0.1) is 6.10 Å². The van der Waals surface area contributed by atoms with Crippen LogP contribution < -0.4 is 0 Å². The Morgan fingerprint density at radius 2 is 1.39 bits per heavy atom. The Morgan fingerprint density at radius 1 is 0.742 bits per heavy atom. The molecule has 0 amide bonds. The van der Waals surface area contributed by atoms with E-state index >= 15 is 0 Å². The predicted molar refractivity (Wildman–Crippen MR) is 133 cm³/mol. The first-order valence-corrected chi connectivity index (χ1v) is 13.9. The highest BCUT2D eigenvalue weighted by Gasteiger charge is 2.60. The molecule has 0 aromatic carbocycles. The van der Waals surface area contributed by atoms with Crippen LogP contribution in [0.15, 0.2) is 12.2 Å². The van der Waals surface area contributed by atoms with Crippen molar-refractivity contribution in [3.05, 3.63) is 12.2 Å². The third kappa shape index (κ3) is 4.08. The van der Waals surface area contributed by atoms with Gasteiger partial charge in [0, 0.05) is 0 Å². The van der Waals surface area contributed by atoms with Crippen LogP contribution in [0.4, 0.5) is 0 Å². The standard InChI is InChI=1S/C30H52O/c1-19(2)24(20(3)4)10-8-21(5)26-12-13-27-25-11-9-22-18-23(31)14-16-29(22,6)28(25)15-17-30(26,27)7/h8,10,19-28,31H,9,11-18H2,1-7H3/b10-8-/t21-,22-,23?,25+,26-,27+,28+,29+,30-/m1/s1. The van der Waals surface area contributed by atoms with E-state index in [2.05, 4.69) is 60.6 Å². The maximum Gasteiger partial charge on any atom is 0.0543 e. The Balaban J connectivity index is 1.49. The Labute approximate surface area is 193 Å². The van der Waals surface area contributed by atoms with Crippen molar-refractivity contribution >= 4 is 0 Å². The predicted octanol–water partition coefficient (Wildman–Crippen LogP) is 8.13. The minimum Gasteiger partial charge on any atom is -0.393 e. The lowest BCUT2D eigenvalue weighted by molar-refractivity contribution is -0.128. The highest BCUT2D eigenvalue weighted by Crippen LogP contribution is 2.68. The lowest BCUT2D eigenvalue weighted by atomic mass is 9.44. The van der Waals surface area contributed by atoms with Gasteiger partial charge in [0.1, 0.15) is 0 Å². The molecule has 0 aliphatic heterocycles. The fourth-order valence-electron chi connectivity index (χ4n) is 9.79. The van der Waals surface area contributed by atoms with Crippen molar-refractivity contribution in [3.8, 4) is 0 Å². The molecule has 0 saturated heterocycles. The van der Waals surface area contributed by atoms with Crippen molar-refractivity contribution in [2.75, 3.05) is 0 Å². The van der Waals surface area contributed by atoms with Crippen molar-refractivity contribution in [1.29, 1.82) is 0 Å². The molecule has 31 heavy (non-hydrogen) atoms. The van der Waals surface area contributed by atoms with E-state index in [1.807, 2.05) is 0 Å². The average Bonchev–Trinajstić information content (AvgIpc) is 3.05. The molecule has 4 saturated carbocycles. The number of fused-ring (bicyclic) bond motifs is 5. The topological polar surface area (TPSA) is 20.2 Å². The smallest absolute Gasteiger partial charge is 0.0543 e. The van der Waals surface area contributed by atoms with Crippen LogP contribution in [-0.4, -0.2) is 11.2 Å². The first kappa shape index (κ1) is 23.8. The van der Waals surface area contributed by atoms with E-state index in [1.165, 1.54) is 44.9 Å². The summed E-state index contributed by atoms with van der Waals surface area (Å²) in [5.41, 5.74) is 1.06. The van der Waals surface area contributed by atoms with Crippen molar-refractivity contribution in [3.63, 3.8) is 0 Å². The second kappa shape index (κ2) is 8.81. The molecule has 4 rings (SSSR count). The molecule has 9 atom stereocenters.